The smallest absolute Gasteiger partial charge is 0.434 e. The Hall–Kier alpha value is -7.87. The molecule has 2 saturated heterocycles. The lowest BCUT2D eigenvalue weighted by atomic mass is 9.73. The molecule has 150 heavy (non-hydrogen) atoms. The van der Waals surface area contributed by atoms with Gasteiger partial charge in [-0.25, -0.2) is 0 Å². The van der Waals surface area contributed by atoms with Crippen molar-refractivity contribution in [3.8, 4) is 0 Å². The molecule has 2 heterocycles. The molecule has 0 amide bonds. The van der Waals surface area contributed by atoms with Crippen LogP contribution in [0.2, 0.25) is 0 Å². The molecule has 2 aliphatic heterocycles. The summed E-state index contributed by atoms with van der Waals surface area (Å²) in [7, 11) is 0. The van der Waals surface area contributed by atoms with Crippen LogP contribution in [-0.4, -0.2) is 171 Å². The van der Waals surface area contributed by atoms with Crippen LogP contribution in [0.5, 0.6) is 0 Å². The van der Waals surface area contributed by atoms with Gasteiger partial charge in [-0.3, -0.25) is 52.7 Å². The Morgan fingerprint density at radius 3 is 0.820 bits per heavy atom. The third-order valence-corrected chi connectivity index (χ3v) is 30.5. The van der Waals surface area contributed by atoms with Gasteiger partial charge in [0, 0.05) is 23.7 Å². The highest BCUT2D eigenvalue weighted by Gasteiger charge is 2.79. The minimum absolute atomic E-state index is 0.0309. The zero-order valence-corrected chi connectivity index (χ0v) is 95.5. The molecule has 0 radical (unpaired) electrons. The van der Waals surface area contributed by atoms with E-state index in [9.17, 15) is 132 Å². The maximum Gasteiger partial charge on any atom is 0.434 e. The van der Waals surface area contributed by atoms with Gasteiger partial charge in [-0.05, 0) is 246 Å². The van der Waals surface area contributed by atoms with E-state index in [0.29, 0.717) is 68.0 Å². The molecular formula is C110H176F18O22. The number of carbonyl (C=O) groups excluding carboxylic acids is 11. The number of esters is 11. The maximum absolute atomic E-state index is 12.8. The fourth-order valence-corrected chi connectivity index (χ4v) is 15.8. The summed E-state index contributed by atoms with van der Waals surface area (Å²) in [5.74, 6) is -10.7. The Bertz CT molecular complexity index is 4170. The predicted molar refractivity (Wildman–Crippen MR) is 529 cm³/mol. The number of benzene rings is 1. The lowest BCUT2D eigenvalue weighted by Gasteiger charge is -2.33. The quantitative estimate of drug-likeness (QED) is 0.0256. The zero-order valence-electron chi connectivity index (χ0n) is 95.5. The first-order valence-electron chi connectivity index (χ1n) is 52.5. The molecule has 7 rings (SSSR count). The first kappa shape index (κ1) is 142. The van der Waals surface area contributed by atoms with Crippen LogP contribution in [0.1, 0.15) is 396 Å². The van der Waals surface area contributed by atoms with Crippen molar-refractivity contribution in [1.29, 1.82) is 0 Å². The molecule has 1 aromatic rings. The van der Waals surface area contributed by atoms with Crippen LogP contribution in [0.4, 0.5) is 79.0 Å². The summed E-state index contributed by atoms with van der Waals surface area (Å²) >= 11 is 0. The van der Waals surface area contributed by atoms with E-state index in [0.717, 1.165) is 46.0 Å². The van der Waals surface area contributed by atoms with E-state index in [1.54, 1.807) is 83.1 Å². The predicted octanol–water partition coefficient (Wildman–Crippen LogP) is 29.2. The molecule has 14 atom stereocenters. The second-order valence-corrected chi connectivity index (χ2v) is 47.1. The summed E-state index contributed by atoms with van der Waals surface area (Å²) < 4.78 is 279. The first-order valence-corrected chi connectivity index (χ1v) is 52.5. The molecule has 40 heteroatoms. The standard InChI is InChI=1S/2C18H20F6O6.C15H24.2C14H28O2.C13H26O2.2C9H15F3O2/c2*1-4-15(2,3)12(25)28-9-7-5-8-10(9)29-13(26)16(8,6-7)14(27)30-11(17(19,20)21)18(22,23)24;1-7-15(5,6)13-10-8-12(9-11-13)14(2,3)4;2*1-6-9-10-12(7-2)11-16-13(15)14(4,5)8-3;1-8-13(6,7)12(14)15-11(9(2)3)10(4)5;2*1-5-8(3,4)7(13)14-6(2)9(10,11)12/h2*7-11H,4-6H2,1-3H3;8-11H,7H2,1-6H3;2*12H,6-11H2,1-5H3;9-11H,8H2,1-7H3;2*6H,5H2,1-4H3. The monoisotopic (exact) mass is 2190 g/mol. The number of ether oxygens (including phenoxy) is 11. The van der Waals surface area contributed by atoms with E-state index in [1.165, 1.54) is 56.1 Å². The molecule has 22 nitrogen and oxygen atoms in total. The van der Waals surface area contributed by atoms with Crippen molar-refractivity contribution in [1.82, 2.24) is 0 Å². The van der Waals surface area contributed by atoms with E-state index in [4.69, 9.17) is 33.2 Å². The molecule has 0 aromatic heterocycles. The number of rotatable bonds is 39. The van der Waals surface area contributed by atoms with Gasteiger partial charge in [-0.2, -0.15) is 79.0 Å². The Kier molecular flexibility index (Phi) is 53.7. The van der Waals surface area contributed by atoms with Crippen molar-refractivity contribution in [2.45, 2.75) is 487 Å². The summed E-state index contributed by atoms with van der Waals surface area (Å²) in [4.78, 5) is 132. The molecule has 14 unspecified atom stereocenters. The second kappa shape index (κ2) is 56.7. The van der Waals surface area contributed by atoms with Crippen molar-refractivity contribution in [2.75, 3.05) is 13.2 Å². The molecule has 1 aromatic carbocycles. The van der Waals surface area contributed by atoms with Crippen LogP contribution in [0.25, 0.3) is 0 Å². The van der Waals surface area contributed by atoms with Crippen molar-refractivity contribution in [3.63, 3.8) is 0 Å². The summed E-state index contributed by atoms with van der Waals surface area (Å²) in [5, 5.41) is 0. The molecule has 0 N–H and O–H groups in total. The van der Waals surface area contributed by atoms with Crippen LogP contribution in [0, 0.1) is 96.1 Å². The number of alkyl halides is 18. The Balaban J connectivity index is 0.00000173. The molecule has 4 aliphatic carbocycles. The van der Waals surface area contributed by atoms with Gasteiger partial charge >= 0.3 is 103 Å². The number of halogens is 18. The van der Waals surface area contributed by atoms with Crippen LogP contribution in [-0.2, 0) is 116 Å². The van der Waals surface area contributed by atoms with Gasteiger partial charge in [0.1, 0.15) is 30.5 Å². The van der Waals surface area contributed by atoms with Crippen LogP contribution in [0.15, 0.2) is 24.3 Å². The second-order valence-electron chi connectivity index (χ2n) is 47.1. The number of hydrogen-bond donors (Lipinski definition) is 0. The van der Waals surface area contributed by atoms with Crippen LogP contribution < -0.4 is 0 Å². The summed E-state index contributed by atoms with van der Waals surface area (Å²) in [6.07, 6.45) is -35.1. The Labute approximate surface area is 877 Å². The topological polar surface area (TPSA) is 289 Å². The SMILES string of the molecule is CCC(C)(C)C(=O)OC(C(C)C)C(C)C.CCC(C)(C)C(=O)OC(C)C(F)(F)F.CCC(C)(C)C(=O)OC(C)C(F)(F)F.CCC(C)(C)C(=O)OC1C2CC3C1OC(=O)C3(C(=O)OC(C(F)(F)F)C(F)(F)F)C2.CCC(C)(C)C(=O)OC1C2CC3C1OC(=O)C3(C(=O)OC(C(F)(F)F)C(F)(F)F)C2.CCC(C)(C)c1ccc(C(C)(C)C)cc1.CCCCC(CC)COC(=O)C(C)(C)CC.CCCCC(CC)COC(=O)C(C)(C)CC. The summed E-state index contributed by atoms with van der Waals surface area (Å²) in [6.45, 7) is 71.0. The van der Waals surface area contributed by atoms with Crippen molar-refractivity contribution < 1.29 is 184 Å². The minimum atomic E-state index is -5.89. The van der Waals surface area contributed by atoms with Crippen LogP contribution >= 0.6 is 0 Å². The van der Waals surface area contributed by atoms with Gasteiger partial charge in [0.05, 0.1) is 51.1 Å². The molecule has 6 aliphatic rings. The van der Waals surface area contributed by atoms with Gasteiger partial charge in [0.2, 0.25) is 0 Å². The highest BCUT2D eigenvalue weighted by atomic mass is 19.4. The number of unbranched alkanes of at least 4 members (excludes halogenated alkanes) is 2. The van der Waals surface area contributed by atoms with E-state index in [1.807, 2.05) is 62.3 Å². The van der Waals surface area contributed by atoms with Crippen molar-refractivity contribution in [2.24, 2.45) is 96.1 Å². The average molecular weight is 2190 g/mol. The van der Waals surface area contributed by atoms with Crippen LogP contribution in [0.3, 0.4) is 0 Å². The number of carbonyl (C=O) groups is 11. The van der Waals surface area contributed by atoms with E-state index < -0.39 is 203 Å². The van der Waals surface area contributed by atoms with Gasteiger partial charge in [-0.1, -0.05) is 208 Å². The van der Waals surface area contributed by atoms with Gasteiger partial charge in [-0.15, -0.1) is 0 Å². The first-order chi connectivity index (χ1) is 67.8. The summed E-state index contributed by atoms with van der Waals surface area (Å²) in [6, 6.07) is 9.10. The molecule has 6 fully saturated rings. The average Bonchev–Trinajstić information content (AvgIpc) is 1.53. The zero-order chi connectivity index (χ0) is 118. The fraction of sp³-hybridized carbons (Fsp3) is 0.845. The lowest BCUT2D eigenvalue weighted by molar-refractivity contribution is -0.316. The highest BCUT2D eigenvalue weighted by molar-refractivity contribution is 6.04. The van der Waals surface area contributed by atoms with Gasteiger partial charge in [0.25, 0.3) is 12.2 Å². The Morgan fingerprint density at radius 2 is 0.593 bits per heavy atom. The summed E-state index contributed by atoms with van der Waals surface area (Å²) in [5.41, 5.74) is -5.52. The lowest BCUT2D eigenvalue weighted by Crippen LogP contribution is -2.51. The van der Waals surface area contributed by atoms with Crippen molar-refractivity contribution >= 4 is 65.7 Å². The normalized spacial score (nSPS) is 21.5. The fourth-order valence-electron chi connectivity index (χ4n) is 15.8. The highest BCUT2D eigenvalue weighted by Crippen LogP contribution is 2.65. The molecule has 0 spiro atoms. The van der Waals surface area contributed by atoms with E-state index >= 15 is 0 Å². The molecule has 4 saturated carbocycles. The van der Waals surface area contributed by atoms with Gasteiger partial charge in [0.15, 0.2) is 23.0 Å². The maximum atomic E-state index is 12.8. The Morgan fingerprint density at radius 1 is 0.340 bits per heavy atom. The van der Waals surface area contributed by atoms with E-state index in [2.05, 4.69) is 140 Å². The molecular weight excluding hydrogens is 2020 g/mol. The van der Waals surface area contributed by atoms with Crippen molar-refractivity contribution in [3.05, 3.63) is 35.4 Å². The number of fused-ring (bicyclic) bond motifs is 2. The third kappa shape index (κ3) is 40.1. The van der Waals surface area contributed by atoms with E-state index in [-0.39, 0.29) is 58.5 Å². The molecule has 4 bridgehead atoms. The minimum Gasteiger partial charge on any atom is -0.465 e. The number of hydrogen-bond acceptors (Lipinski definition) is 22. The molecule has 874 valence electrons. The van der Waals surface area contributed by atoms with Gasteiger partial charge < -0.3 is 52.1 Å². The third-order valence-electron chi connectivity index (χ3n) is 30.5. The largest absolute Gasteiger partial charge is 0.465 e.